The Bertz CT molecular complexity index is 397. The number of esters is 1. The molecule has 98 valence electrons. The van der Waals surface area contributed by atoms with Crippen molar-refractivity contribution in [3.05, 3.63) is 24.2 Å². The summed E-state index contributed by atoms with van der Waals surface area (Å²) in [6.07, 6.45) is 5.09. The molecule has 0 spiro atoms. The van der Waals surface area contributed by atoms with Gasteiger partial charge in [0, 0.05) is 12.8 Å². The van der Waals surface area contributed by atoms with Crippen LogP contribution in [0, 0.1) is 0 Å². The maximum atomic E-state index is 11.3. The predicted octanol–water partition coefficient (Wildman–Crippen LogP) is 0.190. The zero-order valence-electron chi connectivity index (χ0n) is 9.93. The van der Waals surface area contributed by atoms with Gasteiger partial charge in [-0.1, -0.05) is 0 Å². The second-order valence-corrected chi connectivity index (χ2v) is 3.66. The smallest absolute Gasteiger partial charge is 0.383 e. The monoisotopic (exact) mass is 254 g/mol. The van der Waals surface area contributed by atoms with Gasteiger partial charge in [-0.25, -0.2) is 9.79 Å². The maximum absolute atomic E-state index is 11.3. The van der Waals surface area contributed by atoms with Crippen molar-refractivity contribution < 1.29 is 28.8 Å². The molecule has 1 aromatic rings. The molecule has 1 heterocycles. The highest BCUT2D eigenvalue weighted by molar-refractivity contribution is 5.90. The Morgan fingerprint density at radius 3 is 2.89 bits per heavy atom. The molecule has 0 aliphatic heterocycles. The summed E-state index contributed by atoms with van der Waals surface area (Å²) in [6.45, 7) is 0.630. The summed E-state index contributed by atoms with van der Waals surface area (Å²) < 4.78 is 9.62. The number of carboxylic acids is 1. The first-order valence-corrected chi connectivity index (χ1v) is 5.71. The van der Waals surface area contributed by atoms with Crippen LogP contribution < -0.4 is 4.99 Å². The number of unbranched alkanes of at least 4 members (excludes halogenated alkanes) is 2. The van der Waals surface area contributed by atoms with Gasteiger partial charge in [0.2, 0.25) is 5.76 Å². The van der Waals surface area contributed by atoms with E-state index in [0.717, 1.165) is 12.8 Å². The lowest BCUT2D eigenvalue weighted by molar-refractivity contribution is -0.460. The van der Waals surface area contributed by atoms with Crippen molar-refractivity contribution in [1.29, 1.82) is 0 Å². The zero-order valence-corrected chi connectivity index (χ0v) is 9.93. The number of carbonyl (C=O) groups excluding carboxylic acids is 1. The molecule has 0 atom stereocenters. The maximum Gasteiger partial charge on any atom is 0.383 e. The second-order valence-electron chi connectivity index (χ2n) is 3.66. The quantitative estimate of drug-likeness (QED) is 0.299. The molecule has 0 saturated carbocycles. The van der Waals surface area contributed by atoms with Gasteiger partial charge in [-0.15, -0.1) is 0 Å². The number of furan rings is 1. The van der Waals surface area contributed by atoms with Gasteiger partial charge in [-0.3, -0.25) is 4.79 Å². The number of carbonyl (C=O) groups is 2. The van der Waals surface area contributed by atoms with Gasteiger partial charge in [0.25, 0.3) is 0 Å². The van der Waals surface area contributed by atoms with E-state index in [1.807, 2.05) is 0 Å². The van der Waals surface area contributed by atoms with Crippen LogP contribution in [0.1, 0.15) is 36.2 Å². The largest absolute Gasteiger partial charge is 0.481 e. The summed E-state index contributed by atoms with van der Waals surface area (Å²) in [5.74, 6) is -1.19. The standard InChI is InChI=1S/C12H15NO5/c14-11(15)6-2-1-3-7-13-9-18-12(16)10-5-4-8-17-10/h4-5,8-9H,1-3,6-7H2,(H,14,15)/p+1. The minimum absolute atomic E-state index is 0.148. The van der Waals surface area contributed by atoms with Crippen molar-refractivity contribution in [2.24, 2.45) is 0 Å². The summed E-state index contributed by atoms with van der Waals surface area (Å²) in [5.41, 5.74) is 0. The molecule has 0 aromatic carbocycles. The number of rotatable bonds is 8. The molecule has 6 heteroatoms. The van der Waals surface area contributed by atoms with E-state index in [1.54, 1.807) is 6.07 Å². The van der Waals surface area contributed by atoms with Crippen molar-refractivity contribution in [3.8, 4) is 0 Å². The average Bonchev–Trinajstić information content (AvgIpc) is 2.85. The topological polar surface area (TPSA) is 90.7 Å². The summed E-state index contributed by atoms with van der Waals surface area (Å²) >= 11 is 0. The van der Waals surface area contributed by atoms with Gasteiger partial charge in [0.05, 0.1) is 6.26 Å². The lowest BCUT2D eigenvalue weighted by Crippen LogP contribution is -2.69. The molecule has 18 heavy (non-hydrogen) atoms. The normalized spacial score (nSPS) is 10.7. The van der Waals surface area contributed by atoms with Crippen LogP contribution in [0.5, 0.6) is 0 Å². The highest BCUT2D eigenvalue weighted by Gasteiger charge is 2.09. The fourth-order valence-corrected chi connectivity index (χ4v) is 1.29. The summed E-state index contributed by atoms with van der Waals surface area (Å²) in [7, 11) is 0. The Morgan fingerprint density at radius 2 is 2.22 bits per heavy atom. The molecule has 2 N–H and O–H groups in total. The van der Waals surface area contributed by atoms with Crippen molar-refractivity contribution in [2.45, 2.75) is 25.7 Å². The molecule has 0 bridgehead atoms. The number of aliphatic carboxylic acids is 1. The Kier molecular flexibility index (Phi) is 6.24. The minimum Gasteiger partial charge on any atom is -0.481 e. The molecule has 0 unspecified atom stereocenters. The Morgan fingerprint density at radius 1 is 1.39 bits per heavy atom. The molecule has 0 saturated heterocycles. The van der Waals surface area contributed by atoms with E-state index in [9.17, 15) is 9.59 Å². The zero-order chi connectivity index (χ0) is 13.2. The van der Waals surface area contributed by atoms with Crippen LogP contribution in [-0.2, 0) is 9.53 Å². The molecule has 0 amide bonds. The summed E-state index contributed by atoms with van der Waals surface area (Å²) in [6, 6.07) is 3.12. The molecule has 1 aromatic heterocycles. The van der Waals surface area contributed by atoms with Crippen molar-refractivity contribution in [3.63, 3.8) is 0 Å². The third-order valence-corrected chi connectivity index (χ3v) is 2.18. The first-order valence-electron chi connectivity index (χ1n) is 5.71. The number of ether oxygens (including phenoxy) is 1. The first-order chi connectivity index (χ1) is 8.70. The highest BCUT2D eigenvalue weighted by atomic mass is 16.5. The lowest BCUT2D eigenvalue weighted by atomic mass is 10.2. The molecule has 0 aliphatic rings. The van der Waals surface area contributed by atoms with Crippen molar-refractivity contribution in [1.82, 2.24) is 0 Å². The van der Waals surface area contributed by atoms with Crippen LogP contribution in [0.4, 0.5) is 0 Å². The Hall–Kier alpha value is -2.11. The van der Waals surface area contributed by atoms with E-state index >= 15 is 0 Å². The van der Waals surface area contributed by atoms with Gasteiger partial charge in [0.15, 0.2) is 0 Å². The summed E-state index contributed by atoms with van der Waals surface area (Å²) in [4.78, 5) is 24.3. The first kappa shape index (κ1) is 14.0. The number of carboxylic acid groups (broad SMARTS) is 1. The third kappa shape index (κ3) is 5.83. The fraction of sp³-hybridized carbons (Fsp3) is 0.417. The second kappa shape index (κ2) is 8.05. The molecule has 6 nitrogen and oxygen atoms in total. The van der Waals surface area contributed by atoms with E-state index in [0.29, 0.717) is 13.0 Å². The third-order valence-electron chi connectivity index (χ3n) is 2.18. The summed E-state index contributed by atoms with van der Waals surface area (Å²) in [5, 5.41) is 8.42. The molecule has 1 rings (SSSR count). The number of hydrogen-bond acceptors (Lipinski definition) is 4. The van der Waals surface area contributed by atoms with Gasteiger partial charge in [0.1, 0.15) is 6.54 Å². The number of hydrogen-bond donors (Lipinski definition) is 2. The highest BCUT2D eigenvalue weighted by Crippen LogP contribution is 2.00. The van der Waals surface area contributed by atoms with E-state index in [4.69, 9.17) is 14.3 Å². The van der Waals surface area contributed by atoms with E-state index in [-0.39, 0.29) is 12.2 Å². The van der Waals surface area contributed by atoms with Gasteiger partial charge < -0.3 is 14.3 Å². The lowest BCUT2D eigenvalue weighted by Gasteiger charge is -1.93. The van der Waals surface area contributed by atoms with E-state index in [1.165, 1.54) is 18.7 Å². The Balaban J connectivity index is 2.04. The van der Waals surface area contributed by atoms with E-state index < -0.39 is 11.9 Å². The van der Waals surface area contributed by atoms with Crippen LogP contribution in [0.3, 0.4) is 0 Å². The number of nitrogens with one attached hydrogen (secondary N) is 1. The predicted molar refractivity (Wildman–Crippen MR) is 62.1 cm³/mol. The van der Waals surface area contributed by atoms with Gasteiger partial charge in [-0.05, 0) is 25.0 Å². The van der Waals surface area contributed by atoms with Crippen LogP contribution >= 0.6 is 0 Å². The van der Waals surface area contributed by atoms with Crippen molar-refractivity contribution >= 4 is 18.3 Å². The van der Waals surface area contributed by atoms with Gasteiger partial charge in [-0.2, -0.15) is 0 Å². The van der Waals surface area contributed by atoms with Crippen LogP contribution in [0.15, 0.2) is 22.8 Å². The average molecular weight is 254 g/mol. The minimum atomic E-state index is -0.776. The van der Waals surface area contributed by atoms with Gasteiger partial charge >= 0.3 is 18.3 Å². The van der Waals surface area contributed by atoms with Crippen LogP contribution in [-0.4, -0.2) is 30.0 Å². The molecular weight excluding hydrogens is 238 g/mol. The van der Waals surface area contributed by atoms with Crippen LogP contribution in [0.2, 0.25) is 0 Å². The molecular formula is C12H16NO5+. The van der Waals surface area contributed by atoms with Crippen molar-refractivity contribution in [2.75, 3.05) is 6.54 Å². The Labute approximate surface area is 104 Å². The fourth-order valence-electron chi connectivity index (χ4n) is 1.29. The molecule has 0 aliphatic carbocycles. The SMILES string of the molecule is O=C(O)CCCCC[NH+]=COC(=O)c1ccco1. The van der Waals surface area contributed by atoms with Crippen LogP contribution in [0.25, 0.3) is 0 Å². The molecule has 0 radical (unpaired) electrons. The van der Waals surface area contributed by atoms with E-state index in [2.05, 4.69) is 4.99 Å². The molecule has 0 fully saturated rings.